The van der Waals surface area contributed by atoms with E-state index in [1.807, 2.05) is 60.4 Å². The smallest absolute Gasteiger partial charge is 0.262 e. The van der Waals surface area contributed by atoms with Crippen LogP contribution in [-0.2, 0) is 16.0 Å². The summed E-state index contributed by atoms with van der Waals surface area (Å²) in [4.78, 5) is 26.9. The Morgan fingerprint density at radius 2 is 1.86 bits per heavy atom. The van der Waals surface area contributed by atoms with E-state index in [1.54, 1.807) is 0 Å². The van der Waals surface area contributed by atoms with Gasteiger partial charge in [0.25, 0.3) is 5.91 Å². The van der Waals surface area contributed by atoms with Crippen LogP contribution in [0.25, 0.3) is 0 Å². The minimum absolute atomic E-state index is 0.131. The fourth-order valence-corrected chi connectivity index (χ4v) is 3.15. The maximum Gasteiger partial charge on any atom is 0.262 e. The molecule has 2 aromatic carbocycles. The summed E-state index contributed by atoms with van der Waals surface area (Å²) in [5.41, 5.74) is 2.81. The van der Waals surface area contributed by atoms with E-state index in [4.69, 9.17) is 4.74 Å². The zero-order valence-electron chi connectivity index (χ0n) is 16.4. The van der Waals surface area contributed by atoms with Gasteiger partial charge >= 0.3 is 0 Å². The molecule has 0 radical (unpaired) electrons. The molecule has 6 nitrogen and oxygen atoms in total. The monoisotopic (exact) mass is 381 g/mol. The Morgan fingerprint density at radius 1 is 1.11 bits per heavy atom. The Morgan fingerprint density at radius 3 is 2.57 bits per heavy atom. The average molecular weight is 381 g/mol. The van der Waals surface area contributed by atoms with Crippen molar-refractivity contribution in [2.24, 2.45) is 0 Å². The lowest BCUT2D eigenvalue weighted by Crippen LogP contribution is -2.50. The van der Waals surface area contributed by atoms with Crippen LogP contribution in [0.4, 0.5) is 11.4 Å². The van der Waals surface area contributed by atoms with Crippen LogP contribution in [0.3, 0.4) is 0 Å². The minimum Gasteiger partial charge on any atom is -0.477 e. The molecule has 1 aliphatic rings. The second-order valence-electron chi connectivity index (χ2n) is 6.84. The van der Waals surface area contributed by atoms with Gasteiger partial charge in [-0.05, 0) is 42.7 Å². The fourth-order valence-electron chi connectivity index (χ4n) is 3.15. The molecule has 3 rings (SSSR count). The summed E-state index contributed by atoms with van der Waals surface area (Å²) in [6.45, 7) is 5.17. The number of aryl methyl sites for hydroxylation is 1. The summed E-state index contributed by atoms with van der Waals surface area (Å²) < 4.78 is 5.86. The molecule has 2 N–H and O–H groups in total. The van der Waals surface area contributed by atoms with E-state index in [1.165, 1.54) is 5.56 Å². The van der Waals surface area contributed by atoms with Crippen molar-refractivity contribution < 1.29 is 14.3 Å². The van der Waals surface area contributed by atoms with Crippen molar-refractivity contribution in [1.29, 1.82) is 0 Å². The number of fused-ring (bicyclic) bond motifs is 1. The molecule has 0 aliphatic carbocycles. The van der Waals surface area contributed by atoms with Crippen molar-refractivity contribution in [3.8, 4) is 5.75 Å². The number of ether oxygens (including phenoxy) is 1. The van der Waals surface area contributed by atoms with Crippen LogP contribution in [0.2, 0.25) is 0 Å². The molecular weight excluding hydrogens is 354 g/mol. The van der Waals surface area contributed by atoms with E-state index in [2.05, 4.69) is 17.6 Å². The first kappa shape index (κ1) is 19.7. The topological polar surface area (TPSA) is 70.7 Å². The predicted octanol–water partition coefficient (Wildman–Crippen LogP) is 2.98. The van der Waals surface area contributed by atoms with Gasteiger partial charge in [0, 0.05) is 12.2 Å². The maximum absolute atomic E-state index is 12.6. The first-order chi connectivity index (χ1) is 13.6. The van der Waals surface area contributed by atoms with Crippen molar-refractivity contribution in [2.45, 2.75) is 32.8 Å². The number of hydrogen-bond acceptors (Lipinski definition) is 4. The Labute approximate surface area is 165 Å². The third-order valence-electron chi connectivity index (χ3n) is 4.68. The second-order valence-corrected chi connectivity index (χ2v) is 6.84. The van der Waals surface area contributed by atoms with Crippen molar-refractivity contribution in [1.82, 2.24) is 5.32 Å². The lowest BCUT2D eigenvalue weighted by molar-refractivity contribution is -0.128. The van der Waals surface area contributed by atoms with Crippen molar-refractivity contribution in [3.05, 3.63) is 54.1 Å². The van der Waals surface area contributed by atoms with Crippen LogP contribution in [0.15, 0.2) is 48.5 Å². The minimum atomic E-state index is -0.641. The molecule has 0 bridgehead atoms. The molecular formula is C22H27N3O3. The molecule has 6 heteroatoms. The molecule has 2 aromatic rings. The van der Waals surface area contributed by atoms with Crippen LogP contribution in [0.5, 0.6) is 5.75 Å². The summed E-state index contributed by atoms with van der Waals surface area (Å²) >= 11 is 0. The van der Waals surface area contributed by atoms with E-state index in [0.29, 0.717) is 18.8 Å². The Bertz CT molecular complexity index is 820. The second kappa shape index (κ2) is 9.26. The molecule has 0 saturated carbocycles. The van der Waals surface area contributed by atoms with Crippen LogP contribution in [-0.4, -0.2) is 37.6 Å². The zero-order chi connectivity index (χ0) is 19.9. The quantitative estimate of drug-likeness (QED) is 0.774. The summed E-state index contributed by atoms with van der Waals surface area (Å²) in [7, 11) is 0. The van der Waals surface area contributed by atoms with Crippen molar-refractivity contribution >= 4 is 23.2 Å². The van der Waals surface area contributed by atoms with Crippen molar-refractivity contribution in [3.63, 3.8) is 0 Å². The highest BCUT2D eigenvalue weighted by atomic mass is 16.5. The number of nitrogens with one attached hydrogen (secondary N) is 2. The third-order valence-corrected chi connectivity index (χ3v) is 4.68. The number of hydrogen-bond donors (Lipinski definition) is 2. The number of carbonyl (C=O) groups excluding carboxylic acids is 2. The first-order valence-electron chi connectivity index (χ1n) is 9.77. The Hall–Kier alpha value is -3.02. The van der Waals surface area contributed by atoms with E-state index >= 15 is 0 Å². The fraction of sp³-hybridized carbons (Fsp3) is 0.364. The molecule has 0 spiro atoms. The molecule has 2 amide bonds. The van der Waals surface area contributed by atoms with Crippen LogP contribution in [0.1, 0.15) is 25.8 Å². The highest BCUT2D eigenvalue weighted by molar-refractivity contribution is 5.95. The lowest BCUT2D eigenvalue weighted by Gasteiger charge is -2.35. The van der Waals surface area contributed by atoms with Gasteiger partial charge in [-0.15, -0.1) is 0 Å². The highest BCUT2D eigenvalue weighted by Gasteiger charge is 2.31. The normalized spacial score (nSPS) is 15.4. The lowest BCUT2D eigenvalue weighted by atomic mass is 10.1. The number of carbonyl (C=O) groups is 2. The van der Waals surface area contributed by atoms with E-state index in [-0.39, 0.29) is 18.4 Å². The van der Waals surface area contributed by atoms with Gasteiger partial charge in [0.05, 0.1) is 18.8 Å². The molecule has 28 heavy (non-hydrogen) atoms. The highest BCUT2D eigenvalue weighted by Crippen LogP contribution is 2.33. The standard InChI is InChI=1S/C22H27N3O3/c1-3-13-23-22(27)20-14-25(18-7-5-6-8-19(18)28-20)15-21(26)24-17-11-9-16(4-2)10-12-17/h5-12,20H,3-4,13-15H2,1-2H3,(H,23,27)(H,24,26)/t20-/m0/s1. The number of amides is 2. The number of benzene rings is 2. The molecule has 0 aromatic heterocycles. The maximum atomic E-state index is 12.6. The van der Waals surface area contributed by atoms with Crippen LogP contribution in [0, 0.1) is 0 Å². The van der Waals surface area contributed by atoms with E-state index < -0.39 is 6.10 Å². The van der Waals surface area contributed by atoms with Crippen molar-refractivity contribution in [2.75, 3.05) is 29.9 Å². The van der Waals surface area contributed by atoms with Gasteiger partial charge in [-0.25, -0.2) is 0 Å². The van der Waals surface area contributed by atoms with Crippen LogP contribution >= 0.6 is 0 Å². The van der Waals surface area contributed by atoms with Gasteiger partial charge in [-0.1, -0.05) is 38.1 Å². The summed E-state index contributed by atoms with van der Waals surface area (Å²) in [6, 6.07) is 15.3. The molecule has 0 unspecified atom stereocenters. The SMILES string of the molecule is CCCNC(=O)[C@@H]1CN(CC(=O)Nc2ccc(CC)cc2)c2ccccc2O1. The number of para-hydroxylation sites is 2. The molecule has 1 heterocycles. The molecule has 148 valence electrons. The van der Waals surface area contributed by atoms with Gasteiger partial charge in [0.15, 0.2) is 6.10 Å². The van der Waals surface area contributed by atoms with E-state index in [0.717, 1.165) is 24.2 Å². The summed E-state index contributed by atoms with van der Waals surface area (Å²) in [5.74, 6) is 0.330. The summed E-state index contributed by atoms with van der Waals surface area (Å²) in [6.07, 6.45) is 1.18. The van der Waals surface area contributed by atoms with E-state index in [9.17, 15) is 9.59 Å². The largest absolute Gasteiger partial charge is 0.477 e. The van der Waals surface area contributed by atoms with Crippen LogP contribution < -0.4 is 20.3 Å². The predicted molar refractivity (Wildman–Crippen MR) is 111 cm³/mol. The first-order valence-corrected chi connectivity index (χ1v) is 9.77. The van der Waals surface area contributed by atoms with Gasteiger partial charge in [-0.3, -0.25) is 9.59 Å². The number of rotatable bonds is 7. The molecule has 0 saturated heterocycles. The van der Waals surface area contributed by atoms with Gasteiger partial charge in [0.1, 0.15) is 5.75 Å². The molecule has 0 fully saturated rings. The molecule has 1 aliphatic heterocycles. The number of anilines is 2. The zero-order valence-corrected chi connectivity index (χ0v) is 16.4. The molecule has 1 atom stereocenters. The Kier molecular flexibility index (Phi) is 6.53. The van der Waals surface area contributed by atoms with Gasteiger partial charge in [-0.2, -0.15) is 0 Å². The van der Waals surface area contributed by atoms with Gasteiger partial charge in [0.2, 0.25) is 5.91 Å². The van der Waals surface area contributed by atoms with Gasteiger partial charge < -0.3 is 20.3 Å². The number of nitrogens with zero attached hydrogens (tertiary/aromatic N) is 1. The average Bonchev–Trinajstić information content (AvgIpc) is 2.72. The third kappa shape index (κ3) is 4.82. The summed E-state index contributed by atoms with van der Waals surface area (Å²) in [5, 5.41) is 5.79. The Balaban J connectivity index is 1.69.